The van der Waals surface area contributed by atoms with E-state index in [1.165, 1.54) is 4.90 Å². The Morgan fingerprint density at radius 3 is 2.52 bits per heavy atom. The minimum absolute atomic E-state index is 0.00423. The molecule has 1 saturated heterocycles. The summed E-state index contributed by atoms with van der Waals surface area (Å²) in [5.41, 5.74) is 1.23. The number of aliphatic hydroxyl groups excluding tert-OH is 1. The van der Waals surface area contributed by atoms with Crippen LogP contribution >= 0.6 is 15.9 Å². The number of ketones is 1. The van der Waals surface area contributed by atoms with Crippen LogP contribution in [0.2, 0.25) is 0 Å². The van der Waals surface area contributed by atoms with Gasteiger partial charge in [0.1, 0.15) is 29.1 Å². The van der Waals surface area contributed by atoms with E-state index < -0.39 is 17.7 Å². The van der Waals surface area contributed by atoms with Gasteiger partial charge in [-0.25, -0.2) is 0 Å². The number of rotatable bonds is 5. The molecule has 158 valence electrons. The highest BCUT2D eigenvalue weighted by atomic mass is 79.9. The number of furan rings is 1. The summed E-state index contributed by atoms with van der Waals surface area (Å²) in [5.74, 6) is 0.0270. The van der Waals surface area contributed by atoms with Crippen molar-refractivity contribution in [2.24, 2.45) is 0 Å². The summed E-state index contributed by atoms with van der Waals surface area (Å²) >= 11 is 3.36. The van der Waals surface area contributed by atoms with Gasteiger partial charge in [-0.3, -0.25) is 9.59 Å². The Kier molecular flexibility index (Phi) is 5.69. The molecule has 3 aromatic rings. The molecule has 1 amide bonds. The summed E-state index contributed by atoms with van der Waals surface area (Å²) in [6.07, 6.45) is 0. The van der Waals surface area contributed by atoms with E-state index in [4.69, 9.17) is 9.15 Å². The normalized spacial score (nSPS) is 17.9. The first-order valence-electron chi connectivity index (χ1n) is 9.62. The largest absolute Gasteiger partial charge is 0.507 e. The van der Waals surface area contributed by atoms with Gasteiger partial charge in [0.05, 0.1) is 12.7 Å². The molecule has 6 nitrogen and oxygen atoms in total. The van der Waals surface area contributed by atoms with Crippen molar-refractivity contribution in [1.82, 2.24) is 4.90 Å². The minimum Gasteiger partial charge on any atom is -0.507 e. The number of hydrogen-bond donors (Lipinski definition) is 1. The van der Waals surface area contributed by atoms with E-state index in [0.717, 1.165) is 10.0 Å². The van der Waals surface area contributed by atoms with E-state index in [0.29, 0.717) is 22.8 Å². The molecule has 2 heterocycles. The molecule has 1 N–H and O–H groups in total. The first-order valence-corrected chi connectivity index (χ1v) is 10.4. The van der Waals surface area contributed by atoms with Gasteiger partial charge in [0.25, 0.3) is 11.7 Å². The molecule has 1 unspecified atom stereocenters. The van der Waals surface area contributed by atoms with Gasteiger partial charge in [-0.1, -0.05) is 40.2 Å². The molecular formula is C24H20BrNO5. The van der Waals surface area contributed by atoms with Gasteiger partial charge in [-0.2, -0.15) is 0 Å². The molecule has 1 aliphatic rings. The van der Waals surface area contributed by atoms with Crippen molar-refractivity contribution in [2.45, 2.75) is 19.5 Å². The van der Waals surface area contributed by atoms with Crippen LogP contribution in [0.4, 0.5) is 0 Å². The first-order chi connectivity index (χ1) is 14.9. The van der Waals surface area contributed by atoms with Crippen LogP contribution in [-0.2, 0) is 16.1 Å². The highest BCUT2D eigenvalue weighted by molar-refractivity contribution is 9.10. The number of Topliss-reactive ketones (excluding diaryl/α,β-unsaturated/α-hetero) is 1. The average Bonchev–Trinajstić information content (AvgIpc) is 3.30. The van der Waals surface area contributed by atoms with E-state index >= 15 is 0 Å². The first kappa shape index (κ1) is 20.9. The molecule has 1 fully saturated rings. The van der Waals surface area contributed by atoms with Gasteiger partial charge in [-0.05, 0) is 48.9 Å². The van der Waals surface area contributed by atoms with Crippen molar-refractivity contribution in [3.8, 4) is 5.75 Å². The van der Waals surface area contributed by atoms with Gasteiger partial charge < -0.3 is 19.2 Å². The summed E-state index contributed by atoms with van der Waals surface area (Å²) in [7, 11) is 1.56. The second-order valence-corrected chi connectivity index (χ2v) is 8.15. The smallest absolute Gasteiger partial charge is 0.296 e. The summed E-state index contributed by atoms with van der Waals surface area (Å²) in [4.78, 5) is 27.4. The summed E-state index contributed by atoms with van der Waals surface area (Å²) in [6.45, 7) is 1.94. The van der Waals surface area contributed by atoms with Crippen molar-refractivity contribution in [3.63, 3.8) is 0 Å². The maximum Gasteiger partial charge on any atom is 0.296 e. The molecule has 2 aromatic carbocycles. The molecule has 31 heavy (non-hydrogen) atoms. The van der Waals surface area contributed by atoms with Crippen LogP contribution in [0.5, 0.6) is 5.75 Å². The van der Waals surface area contributed by atoms with Crippen molar-refractivity contribution in [1.29, 1.82) is 0 Å². The van der Waals surface area contributed by atoms with E-state index in [1.807, 2.05) is 12.1 Å². The topological polar surface area (TPSA) is 80.0 Å². The third kappa shape index (κ3) is 4.01. The lowest BCUT2D eigenvalue weighted by Gasteiger charge is -2.23. The van der Waals surface area contributed by atoms with E-state index in [2.05, 4.69) is 15.9 Å². The third-order valence-corrected chi connectivity index (χ3v) is 5.70. The fourth-order valence-electron chi connectivity index (χ4n) is 3.67. The van der Waals surface area contributed by atoms with Gasteiger partial charge >= 0.3 is 0 Å². The molecule has 1 atom stereocenters. The molecule has 0 bridgehead atoms. The summed E-state index contributed by atoms with van der Waals surface area (Å²) in [5, 5.41) is 11.0. The molecule has 0 spiro atoms. The number of amides is 1. The maximum absolute atomic E-state index is 13.0. The quantitative estimate of drug-likeness (QED) is 0.315. The van der Waals surface area contributed by atoms with Gasteiger partial charge in [0.15, 0.2) is 0 Å². The third-order valence-electron chi connectivity index (χ3n) is 5.18. The van der Waals surface area contributed by atoms with Crippen LogP contribution in [0.25, 0.3) is 5.76 Å². The second kappa shape index (κ2) is 8.43. The molecule has 1 aliphatic heterocycles. The molecule has 0 saturated carbocycles. The van der Waals surface area contributed by atoms with Crippen molar-refractivity contribution in [3.05, 3.63) is 93.4 Å². The van der Waals surface area contributed by atoms with Crippen molar-refractivity contribution >= 4 is 33.4 Å². The van der Waals surface area contributed by atoms with Crippen LogP contribution < -0.4 is 4.74 Å². The number of ether oxygens (including phenoxy) is 1. The van der Waals surface area contributed by atoms with Gasteiger partial charge in [0.2, 0.25) is 0 Å². The highest BCUT2D eigenvalue weighted by Gasteiger charge is 2.47. The van der Waals surface area contributed by atoms with E-state index in [-0.39, 0.29) is 17.9 Å². The van der Waals surface area contributed by atoms with E-state index in [1.54, 1.807) is 62.6 Å². The number of aliphatic hydroxyl groups is 1. The molecular weight excluding hydrogens is 462 g/mol. The van der Waals surface area contributed by atoms with Gasteiger partial charge in [0, 0.05) is 16.6 Å². The Labute approximate surface area is 187 Å². The fourth-order valence-corrected chi connectivity index (χ4v) is 3.93. The summed E-state index contributed by atoms with van der Waals surface area (Å²) < 4.78 is 11.9. The van der Waals surface area contributed by atoms with Crippen LogP contribution in [0.15, 0.2) is 75.1 Å². The molecule has 4 rings (SSSR count). The lowest BCUT2D eigenvalue weighted by atomic mass is 9.99. The lowest BCUT2D eigenvalue weighted by molar-refractivity contribution is -0.140. The van der Waals surface area contributed by atoms with Gasteiger partial charge in [-0.15, -0.1) is 0 Å². The fraction of sp³-hybridized carbons (Fsp3) is 0.167. The second-order valence-electron chi connectivity index (χ2n) is 7.23. The Bertz CT molecular complexity index is 1180. The monoisotopic (exact) mass is 481 g/mol. The van der Waals surface area contributed by atoms with Crippen LogP contribution in [0.1, 0.15) is 28.7 Å². The van der Waals surface area contributed by atoms with Crippen molar-refractivity contribution in [2.75, 3.05) is 7.11 Å². The maximum atomic E-state index is 13.0. The predicted molar refractivity (Wildman–Crippen MR) is 118 cm³/mol. The predicted octanol–water partition coefficient (Wildman–Crippen LogP) is 4.98. The zero-order valence-electron chi connectivity index (χ0n) is 17.0. The Morgan fingerprint density at radius 1 is 1.13 bits per heavy atom. The molecule has 7 heteroatoms. The molecule has 0 radical (unpaired) electrons. The number of nitrogens with zero attached hydrogens (tertiary/aromatic N) is 1. The molecule has 0 aliphatic carbocycles. The van der Waals surface area contributed by atoms with Crippen molar-refractivity contribution < 1.29 is 23.8 Å². The number of benzene rings is 2. The number of hydrogen-bond acceptors (Lipinski definition) is 5. The number of aryl methyl sites for hydroxylation is 1. The molecule has 1 aromatic heterocycles. The number of halogens is 1. The number of methoxy groups -OCH3 is 1. The number of carbonyl (C=O) groups is 2. The summed E-state index contributed by atoms with van der Waals surface area (Å²) in [6, 6.07) is 16.8. The highest BCUT2D eigenvalue weighted by Crippen LogP contribution is 2.41. The minimum atomic E-state index is -0.844. The standard InChI is InChI=1S/C24H20BrNO5/c1-14-6-11-19(31-14)21-20(22(27)16-7-9-17(25)10-8-16)23(28)24(29)26(21)13-15-4-3-5-18(12-15)30-2/h3-12,21,27H,13H2,1-2H3/b22-20-. The zero-order chi connectivity index (χ0) is 22.1. The number of likely N-dealkylation sites (tertiary alicyclic amines) is 1. The SMILES string of the molecule is COc1cccc(CN2C(=O)C(=O)/C(=C(\O)c3ccc(Br)cc3)C2c2ccc(C)o2)c1. The van der Waals surface area contributed by atoms with Crippen LogP contribution in [-0.4, -0.2) is 28.8 Å². The Hall–Kier alpha value is -3.32. The number of carbonyl (C=O) groups excluding carboxylic acids is 2. The van der Waals surface area contributed by atoms with Crippen LogP contribution in [0, 0.1) is 6.92 Å². The zero-order valence-corrected chi connectivity index (χ0v) is 18.5. The lowest BCUT2D eigenvalue weighted by Crippen LogP contribution is -2.29. The Morgan fingerprint density at radius 2 is 1.87 bits per heavy atom. The Balaban J connectivity index is 1.82. The van der Waals surface area contributed by atoms with Crippen LogP contribution in [0.3, 0.4) is 0 Å². The van der Waals surface area contributed by atoms with E-state index in [9.17, 15) is 14.7 Å². The average molecular weight is 482 g/mol.